The molecule has 0 spiro atoms. The second kappa shape index (κ2) is 3.53. The number of hydrogen-bond acceptors (Lipinski definition) is 3. The van der Waals surface area contributed by atoms with Crippen LogP contribution >= 0.6 is 0 Å². The summed E-state index contributed by atoms with van der Waals surface area (Å²) in [6.45, 7) is -0.667. The van der Waals surface area contributed by atoms with Crippen LogP contribution in [0.15, 0.2) is 10.9 Å². The molecule has 0 bridgehead atoms. The Kier molecular flexibility index (Phi) is 2.62. The van der Waals surface area contributed by atoms with Gasteiger partial charge >= 0.3 is 0 Å². The molecule has 0 aliphatic carbocycles. The molecule has 0 aliphatic rings. The van der Waals surface area contributed by atoms with Gasteiger partial charge in [-0.25, -0.2) is 8.78 Å². The predicted octanol–water partition coefficient (Wildman–Crippen LogP) is 0.387. The van der Waals surface area contributed by atoms with Crippen molar-refractivity contribution in [2.45, 2.75) is 13.0 Å². The molecule has 0 atom stereocenters. The Balaban J connectivity index is 3.39. The topological polar surface area (TPSA) is 79.1 Å². The van der Waals surface area contributed by atoms with Gasteiger partial charge in [0, 0.05) is 6.07 Å². The van der Waals surface area contributed by atoms with E-state index in [4.69, 9.17) is 10.8 Å². The highest BCUT2D eigenvalue weighted by Crippen LogP contribution is 2.18. The number of hydrogen-bond donors (Lipinski definition) is 3. The Morgan fingerprint density at radius 2 is 2.23 bits per heavy atom. The summed E-state index contributed by atoms with van der Waals surface area (Å²) in [5.74, 6) is -0.0431. The second-order valence-corrected chi connectivity index (χ2v) is 2.44. The van der Waals surface area contributed by atoms with E-state index in [1.165, 1.54) is 0 Å². The van der Waals surface area contributed by atoms with Crippen LogP contribution in [0.5, 0.6) is 0 Å². The molecular weight excluding hydrogens is 182 g/mol. The number of anilines is 1. The van der Waals surface area contributed by atoms with Crippen molar-refractivity contribution in [3.63, 3.8) is 0 Å². The molecule has 1 rings (SSSR count). The zero-order valence-electron chi connectivity index (χ0n) is 6.55. The van der Waals surface area contributed by atoms with E-state index in [9.17, 15) is 13.6 Å². The number of alkyl halides is 2. The molecule has 1 aromatic heterocycles. The van der Waals surface area contributed by atoms with Crippen LogP contribution in [0.25, 0.3) is 0 Å². The van der Waals surface area contributed by atoms with Gasteiger partial charge in [0.25, 0.3) is 6.43 Å². The van der Waals surface area contributed by atoms with Crippen molar-refractivity contribution in [2.75, 3.05) is 5.73 Å². The number of aliphatic hydroxyl groups is 1. The van der Waals surface area contributed by atoms with Crippen LogP contribution in [0.1, 0.15) is 17.7 Å². The Morgan fingerprint density at radius 3 is 2.69 bits per heavy atom. The van der Waals surface area contributed by atoms with Gasteiger partial charge in [0.15, 0.2) is 5.43 Å². The van der Waals surface area contributed by atoms with Crippen LogP contribution in [0, 0.1) is 0 Å². The summed E-state index contributed by atoms with van der Waals surface area (Å²) >= 11 is 0. The summed E-state index contributed by atoms with van der Waals surface area (Å²) in [6.07, 6.45) is -2.91. The van der Waals surface area contributed by atoms with Gasteiger partial charge in [0.2, 0.25) is 0 Å². The standard InChI is InChI=1S/C7H8F2N2O2/c8-7(9)6-3(2-12)11-5(10)1-4(6)13/h1,7,12H,2H2,(H3,10,11,13). The van der Waals surface area contributed by atoms with E-state index < -0.39 is 24.0 Å². The molecule has 0 aromatic carbocycles. The third kappa shape index (κ3) is 1.83. The maximum atomic E-state index is 12.2. The van der Waals surface area contributed by atoms with E-state index in [-0.39, 0.29) is 11.5 Å². The van der Waals surface area contributed by atoms with Gasteiger partial charge in [0.1, 0.15) is 5.82 Å². The highest BCUT2D eigenvalue weighted by molar-refractivity contribution is 5.34. The van der Waals surface area contributed by atoms with E-state index in [1.807, 2.05) is 0 Å². The number of pyridine rings is 1. The van der Waals surface area contributed by atoms with E-state index in [0.29, 0.717) is 0 Å². The molecular formula is C7H8F2N2O2. The molecule has 6 heteroatoms. The number of rotatable bonds is 2. The fourth-order valence-corrected chi connectivity index (χ4v) is 1.01. The molecule has 4 N–H and O–H groups in total. The lowest BCUT2D eigenvalue weighted by molar-refractivity contribution is 0.145. The summed E-state index contributed by atoms with van der Waals surface area (Å²) < 4.78 is 24.5. The first-order chi connectivity index (χ1) is 6.06. The van der Waals surface area contributed by atoms with Crippen molar-refractivity contribution < 1.29 is 13.9 Å². The molecule has 0 unspecified atom stereocenters. The molecule has 0 saturated carbocycles. The third-order valence-corrected chi connectivity index (χ3v) is 1.55. The molecule has 1 heterocycles. The molecule has 0 saturated heterocycles. The second-order valence-electron chi connectivity index (χ2n) is 2.44. The van der Waals surface area contributed by atoms with Gasteiger partial charge in [-0.1, -0.05) is 0 Å². The summed E-state index contributed by atoms with van der Waals surface area (Å²) in [5.41, 5.74) is 3.37. The predicted molar refractivity (Wildman–Crippen MR) is 42.4 cm³/mol. The van der Waals surface area contributed by atoms with Crippen molar-refractivity contribution in [3.05, 3.63) is 27.5 Å². The zero-order chi connectivity index (χ0) is 10.0. The van der Waals surface area contributed by atoms with Crippen LogP contribution in [-0.4, -0.2) is 10.1 Å². The van der Waals surface area contributed by atoms with Crippen molar-refractivity contribution >= 4 is 5.82 Å². The normalized spacial score (nSPS) is 10.8. The zero-order valence-corrected chi connectivity index (χ0v) is 6.55. The highest BCUT2D eigenvalue weighted by Gasteiger charge is 2.17. The van der Waals surface area contributed by atoms with E-state index in [1.54, 1.807) is 0 Å². The average molecular weight is 190 g/mol. The molecule has 0 amide bonds. The number of aliphatic hydroxyl groups excluding tert-OH is 1. The number of nitrogens with one attached hydrogen (secondary N) is 1. The lowest BCUT2D eigenvalue weighted by Crippen LogP contribution is -2.15. The Morgan fingerprint density at radius 1 is 1.62 bits per heavy atom. The van der Waals surface area contributed by atoms with Gasteiger partial charge in [-0.15, -0.1) is 0 Å². The first-order valence-electron chi connectivity index (χ1n) is 3.47. The monoisotopic (exact) mass is 190 g/mol. The molecule has 72 valence electrons. The summed E-state index contributed by atoms with van der Waals surface area (Å²) in [7, 11) is 0. The molecule has 0 aliphatic heterocycles. The van der Waals surface area contributed by atoms with Gasteiger partial charge in [-0.2, -0.15) is 0 Å². The van der Waals surface area contributed by atoms with Gasteiger partial charge in [-0.05, 0) is 0 Å². The minimum atomic E-state index is -2.91. The van der Waals surface area contributed by atoms with E-state index >= 15 is 0 Å². The number of nitrogen functional groups attached to an aromatic ring is 1. The minimum absolute atomic E-state index is 0.0431. The average Bonchev–Trinajstić information content (AvgIpc) is 2.01. The van der Waals surface area contributed by atoms with Crippen LogP contribution in [0.4, 0.5) is 14.6 Å². The van der Waals surface area contributed by atoms with E-state index in [2.05, 4.69) is 4.98 Å². The Bertz CT molecular complexity index is 362. The summed E-state index contributed by atoms with van der Waals surface area (Å²) in [5, 5.41) is 8.66. The molecule has 13 heavy (non-hydrogen) atoms. The number of aromatic nitrogens is 1. The quantitative estimate of drug-likeness (QED) is 0.631. The lowest BCUT2D eigenvalue weighted by atomic mass is 10.2. The number of nitrogens with two attached hydrogens (primary N) is 1. The highest BCUT2D eigenvalue weighted by atomic mass is 19.3. The number of aromatic amines is 1. The summed E-state index contributed by atoms with van der Waals surface area (Å²) in [6, 6.07) is 0.862. The lowest BCUT2D eigenvalue weighted by Gasteiger charge is -2.06. The Hall–Kier alpha value is -1.43. The molecule has 0 radical (unpaired) electrons. The summed E-state index contributed by atoms with van der Waals surface area (Å²) in [4.78, 5) is 13.3. The Labute approximate surface area is 72.0 Å². The maximum absolute atomic E-state index is 12.2. The number of halogens is 2. The van der Waals surface area contributed by atoms with Crippen LogP contribution in [0.3, 0.4) is 0 Å². The third-order valence-electron chi connectivity index (χ3n) is 1.55. The van der Waals surface area contributed by atoms with Crippen LogP contribution < -0.4 is 11.2 Å². The first kappa shape index (κ1) is 9.66. The first-order valence-corrected chi connectivity index (χ1v) is 3.47. The number of H-pyrrole nitrogens is 1. The molecule has 0 fully saturated rings. The SMILES string of the molecule is Nc1cc(=O)c(C(F)F)c(CO)[nH]1. The van der Waals surface area contributed by atoms with Gasteiger partial charge < -0.3 is 15.8 Å². The fraction of sp³-hybridized carbons (Fsp3) is 0.286. The van der Waals surface area contributed by atoms with E-state index in [0.717, 1.165) is 6.07 Å². The molecule has 4 nitrogen and oxygen atoms in total. The largest absolute Gasteiger partial charge is 0.390 e. The van der Waals surface area contributed by atoms with Crippen molar-refractivity contribution in [2.24, 2.45) is 0 Å². The smallest absolute Gasteiger partial charge is 0.269 e. The van der Waals surface area contributed by atoms with Crippen molar-refractivity contribution in [1.82, 2.24) is 4.98 Å². The minimum Gasteiger partial charge on any atom is -0.390 e. The van der Waals surface area contributed by atoms with Crippen molar-refractivity contribution in [1.29, 1.82) is 0 Å². The van der Waals surface area contributed by atoms with Crippen LogP contribution in [-0.2, 0) is 6.61 Å². The van der Waals surface area contributed by atoms with Gasteiger partial charge in [0.05, 0.1) is 17.9 Å². The van der Waals surface area contributed by atoms with Gasteiger partial charge in [-0.3, -0.25) is 4.79 Å². The molecule has 1 aromatic rings. The fourth-order valence-electron chi connectivity index (χ4n) is 1.01. The van der Waals surface area contributed by atoms with Crippen molar-refractivity contribution in [3.8, 4) is 0 Å². The van der Waals surface area contributed by atoms with Crippen LogP contribution in [0.2, 0.25) is 0 Å². The maximum Gasteiger partial charge on any atom is 0.269 e.